The summed E-state index contributed by atoms with van der Waals surface area (Å²) in [4.78, 5) is 16.2. The van der Waals surface area contributed by atoms with E-state index in [0.717, 1.165) is 11.3 Å². The van der Waals surface area contributed by atoms with Crippen LogP contribution in [-0.2, 0) is 11.2 Å². The number of aromatic nitrogens is 1. The number of hydrogen-bond acceptors (Lipinski definition) is 4. The van der Waals surface area contributed by atoms with Gasteiger partial charge in [-0.3, -0.25) is 4.79 Å². The molecule has 0 aliphatic heterocycles. The zero-order valence-electron chi connectivity index (χ0n) is 11.6. The third-order valence-corrected chi connectivity index (χ3v) is 3.83. The molecular weight excluding hydrogens is 303 g/mol. The second kappa shape index (κ2) is 6.53. The van der Waals surface area contributed by atoms with E-state index < -0.39 is 0 Å². The molecule has 0 aliphatic rings. The molecule has 0 fully saturated rings. The summed E-state index contributed by atoms with van der Waals surface area (Å²) in [6.45, 7) is 0. The molecule has 0 bridgehead atoms. The maximum atomic E-state index is 12.9. The van der Waals surface area contributed by atoms with Gasteiger partial charge in [0.15, 0.2) is 5.13 Å². The molecule has 4 nitrogen and oxygen atoms in total. The van der Waals surface area contributed by atoms with Crippen molar-refractivity contribution in [1.82, 2.24) is 4.98 Å². The van der Waals surface area contributed by atoms with Crippen LogP contribution in [-0.4, -0.2) is 10.9 Å². The van der Waals surface area contributed by atoms with Crippen LogP contribution < -0.4 is 5.32 Å². The van der Waals surface area contributed by atoms with E-state index >= 15 is 0 Å². The number of hydrogen-bond donors (Lipinski definition) is 1. The van der Waals surface area contributed by atoms with Gasteiger partial charge in [-0.05, 0) is 36.4 Å². The van der Waals surface area contributed by atoms with Crippen molar-refractivity contribution in [2.75, 3.05) is 5.32 Å². The van der Waals surface area contributed by atoms with Gasteiger partial charge in [-0.25, -0.2) is 9.37 Å². The minimum Gasteiger partial charge on any atom is -0.469 e. The summed E-state index contributed by atoms with van der Waals surface area (Å²) in [6.07, 6.45) is 2.47. The lowest BCUT2D eigenvalue weighted by Gasteiger charge is -2.00. The van der Waals surface area contributed by atoms with Crippen molar-refractivity contribution in [3.63, 3.8) is 0 Å². The largest absolute Gasteiger partial charge is 0.469 e. The highest BCUT2D eigenvalue weighted by molar-refractivity contribution is 7.14. The van der Waals surface area contributed by atoms with Crippen LogP contribution in [0.3, 0.4) is 0 Å². The number of nitrogens with zero attached hydrogens (tertiary/aromatic N) is 1. The molecule has 1 aromatic carbocycles. The molecule has 0 saturated heterocycles. The molecule has 2 aromatic heterocycles. The molecule has 0 atom stereocenters. The number of furan rings is 1. The van der Waals surface area contributed by atoms with E-state index in [4.69, 9.17) is 4.42 Å². The standard InChI is InChI=1S/C16H13FN2O2S/c17-12-5-3-11(4-6-12)14-10-22-16(18-14)19-15(20)8-7-13-2-1-9-21-13/h1-6,9-10H,7-8H2,(H,18,19,20). The number of benzene rings is 1. The fourth-order valence-electron chi connectivity index (χ4n) is 1.96. The summed E-state index contributed by atoms with van der Waals surface area (Å²) >= 11 is 1.34. The minimum absolute atomic E-state index is 0.114. The van der Waals surface area contributed by atoms with Crippen LogP contribution >= 0.6 is 11.3 Å². The number of nitrogens with one attached hydrogen (secondary N) is 1. The molecule has 3 rings (SSSR count). The first-order valence-corrected chi connectivity index (χ1v) is 7.62. The van der Waals surface area contributed by atoms with E-state index in [2.05, 4.69) is 10.3 Å². The predicted molar refractivity (Wildman–Crippen MR) is 83.2 cm³/mol. The number of thiazole rings is 1. The normalized spacial score (nSPS) is 10.6. The number of amides is 1. The SMILES string of the molecule is O=C(CCc1ccco1)Nc1nc(-c2ccc(F)cc2)cs1. The summed E-state index contributed by atoms with van der Waals surface area (Å²) in [5.41, 5.74) is 1.53. The molecule has 3 aromatic rings. The molecule has 1 amide bonds. The second-order valence-corrected chi connectivity index (χ2v) is 5.53. The zero-order chi connectivity index (χ0) is 15.4. The molecule has 0 unspecified atom stereocenters. The Kier molecular flexibility index (Phi) is 4.29. The first kappa shape index (κ1) is 14.5. The fourth-order valence-corrected chi connectivity index (χ4v) is 2.69. The van der Waals surface area contributed by atoms with E-state index in [1.54, 1.807) is 24.5 Å². The van der Waals surface area contributed by atoms with Crippen molar-refractivity contribution >= 4 is 22.4 Å². The number of carbonyl (C=O) groups excluding carboxylic acids is 1. The molecule has 0 aliphatic carbocycles. The summed E-state index contributed by atoms with van der Waals surface area (Å²) in [5, 5.41) is 5.12. The Hall–Kier alpha value is -2.47. The third kappa shape index (κ3) is 3.59. The smallest absolute Gasteiger partial charge is 0.226 e. The van der Waals surface area contributed by atoms with Crippen LogP contribution in [0.1, 0.15) is 12.2 Å². The molecule has 0 spiro atoms. The maximum absolute atomic E-state index is 12.9. The van der Waals surface area contributed by atoms with Gasteiger partial charge in [-0.2, -0.15) is 0 Å². The lowest BCUT2D eigenvalue weighted by molar-refractivity contribution is -0.116. The Balaban J connectivity index is 1.59. The van der Waals surface area contributed by atoms with Crippen LogP contribution in [0, 0.1) is 5.82 Å². The minimum atomic E-state index is -0.287. The lowest BCUT2D eigenvalue weighted by atomic mass is 10.2. The number of halogens is 1. The lowest BCUT2D eigenvalue weighted by Crippen LogP contribution is -2.11. The molecule has 1 N–H and O–H groups in total. The number of anilines is 1. The number of rotatable bonds is 5. The topological polar surface area (TPSA) is 55.1 Å². The fraction of sp³-hybridized carbons (Fsp3) is 0.125. The van der Waals surface area contributed by atoms with Crippen LogP contribution in [0.25, 0.3) is 11.3 Å². The average Bonchev–Trinajstić information content (AvgIpc) is 3.17. The second-order valence-electron chi connectivity index (χ2n) is 4.67. The van der Waals surface area contributed by atoms with E-state index in [1.807, 2.05) is 11.4 Å². The number of aryl methyl sites for hydroxylation is 1. The first-order chi connectivity index (χ1) is 10.7. The van der Waals surface area contributed by atoms with Gasteiger partial charge in [0.05, 0.1) is 12.0 Å². The summed E-state index contributed by atoms with van der Waals surface area (Å²) < 4.78 is 18.1. The van der Waals surface area contributed by atoms with E-state index in [1.165, 1.54) is 23.5 Å². The van der Waals surface area contributed by atoms with Crippen LogP contribution in [0.4, 0.5) is 9.52 Å². The highest BCUT2D eigenvalue weighted by atomic mass is 32.1. The van der Waals surface area contributed by atoms with Gasteiger partial charge in [0.1, 0.15) is 11.6 Å². The highest BCUT2D eigenvalue weighted by Crippen LogP contribution is 2.25. The van der Waals surface area contributed by atoms with Crippen molar-refractivity contribution in [3.8, 4) is 11.3 Å². The average molecular weight is 316 g/mol. The Morgan fingerprint density at radius 3 is 2.82 bits per heavy atom. The van der Waals surface area contributed by atoms with Gasteiger partial charge in [-0.15, -0.1) is 11.3 Å². The summed E-state index contributed by atoms with van der Waals surface area (Å²) in [7, 11) is 0. The van der Waals surface area contributed by atoms with Crippen molar-refractivity contribution in [1.29, 1.82) is 0 Å². The monoisotopic (exact) mass is 316 g/mol. The molecule has 112 valence electrons. The van der Waals surface area contributed by atoms with Gasteiger partial charge in [0.25, 0.3) is 0 Å². The van der Waals surface area contributed by atoms with E-state index in [0.29, 0.717) is 23.7 Å². The molecule has 0 saturated carbocycles. The van der Waals surface area contributed by atoms with Crippen molar-refractivity contribution in [2.24, 2.45) is 0 Å². The molecule has 6 heteroatoms. The molecule has 2 heterocycles. The van der Waals surface area contributed by atoms with Crippen LogP contribution in [0.2, 0.25) is 0 Å². The van der Waals surface area contributed by atoms with E-state index in [-0.39, 0.29) is 11.7 Å². The quantitative estimate of drug-likeness (QED) is 0.770. The maximum Gasteiger partial charge on any atom is 0.226 e. The Morgan fingerprint density at radius 2 is 2.09 bits per heavy atom. The van der Waals surface area contributed by atoms with Gasteiger partial charge < -0.3 is 9.73 Å². The van der Waals surface area contributed by atoms with Crippen LogP contribution in [0.5, 0.6) is 0 Å². The molecule has 0 radical (unpaired) electrons. The van der Waals surface area contributed by atoms with Crippen molar-refractivity contribution in [2.45, 2.75) is 12.8 Å². The summed E-state index contributed by atoms with van der Waals surface area (Å²) in [6, 6.07) is 9.72. The molecule has 22 heavy (non-hydrogen) atoms. The Labute approximate surface area is 130 Å². The molecular formula is C16H13FN2O2S. The predicted octanol–water partition coefficient (Wildman–Crippen LogP) is 4.11. The first-order valence-electron chi connectivity index (χ1n) is 6.74. The van der Waals surface area contributed by atoms with Gasteiger partial charge in [-0.1, -0.05) is 0 Å². The highest BCUT2D eigenvalue weighted by Gasteiger charge is 2.09. The van der Waals surface area contributed by atoms with Crippen LogP contribution in [0.15, 0.2) is 52.5 Å². The summed E-state index contributed by atoms with van der Waals surface area (Å²) in [5.74, 6) is 0.378. The van der Waals surface area contributed by atoms with Gasteiger partial charge in [0.2, 0.25) is 5.91 Å². The van der Waals surface area contributed by atoms with E-state index in [9.17, 15) is 9.18 Å². The van der Waals surface area contributed by atoms with Crippen molar-refractivity contribution < 1.29 is 13.6 Å². The Morgan fingerprint density at radius 1 is 1.27 bits per heavy atom. The number of carbonyl (C=O) groups is 1. The van der Waals surface area contributed by atoms with Crippen molar-refractivity contribution in [3.05, 3.63) is 59.6 Å². The zero-order valence-corrected chi connectivity index (χ0v) is 12.4. The third-order valence-electron chi connectivity index (χ3n) is 3.07. The van der Waals surface area contributed by atoms with Gasteiger partial charge >= 0.3 is 0 Å². The van der Waals surface area contributed by atoms with Gasteiger partial charge in [0, 0.05) is 23.8 Å². The Bertz CT molecular complexity index is 751.